The van der Waals surface area contributed by atoms with Gasteiger partial charge in [-0.1, -0.05) is 18.2 Å². The van der Waals surface area contributed by atoms with Gasteiger partial charge in [0.1, 0.15) is 6.54 Å². The number of aromatic nitrogens is 1. The Bertz CT molecular complexity index is 778. The first-order chi connectivity index (χ1) is 10.9. The van der Waals surface area contributed by atoms with Gasteiger partial charge in [0, 0.05) is 34.1 Å². The molecule has 1 aromatic heterocycles. The normalized spacial score (nSPS) is 20.8. The van der Waals surface area contributed by atoms with Crippen molar-refractivity contribution in [3.8, 4) is 0 Å². The monoisotopic (exact) mass is 380 g/mol. The maximum Gasteiger partial charge on any atom is 0.331 e. The summed E-state index contributed by atoms with van der Waals surface area (Å²) in [5, 5.41) is 13.1. The first-order valence-electron chi connectivity index (χ1n) is 7.30. The highest BCUT2D eigenvalue weighted by Crippen LogP contribution is 2.30. The highest BCUT2D eigenvalue weighted by atomic mass is 79.9. The molecule has 0 saturated carbocycles. The highest BCUT2D eigenvalue weighted by Gasteiger charge is 2.43. The Morgan fingerprint density at radius 3 is 2.83 bits per heavy atom. The SMILES string of the molecule is Cc1c(Br)c2ccccc2n1CC(=O)NC1(C(=O)O)CCOC1. The number of rotatable bonds is 4. The van der Waals surface area contributed by atoms with Crippen LogP contribution in [-0.4, -0.2) is 40.3 Å². The van der Waals surface area contributed by atoms with Crippen molar-refractivity contribution in [2.24, 2.45) is 0 Å². The number of ether oxygens (including phenoxy) is 1. The van der Waals surface area contributed by atoms with Gasteiger partial charge >= 0.3 is 5.97 Å². The summed E-state index contributed by atoms with van der Waals surface area (Å²) in [5.74, 6) is -1.40. The average molecular weight is 381 g/mol. The second-order valence-electron chi connectivity index (χ2n) is 5.74. The molecule has 0 spiro atoms. The summed E-state index contributed by atoms with van der Waals surface area (Å²) in [6, 6.07) is 7.76. The van der Waals surface area contributed by atoms with Crippen LogP contribution < -0.4 is 5.32 Å². The van der Waals surface area contributed by atoms with E-state index in [4.69, 9.17) is 4.74 Å². The summed E-state index contributed by atoms with van der Waals surface area (Å²) in [4.78, 5) is 23.9. The molecule has 1 unspecified atom stereocenters. The van der Waals surface area contributed by atoms with Gasteiger partial charge in [0.2, 0.25) is 5.91 Å². The summed E-state index contributed by atoms with van der Waals surface area (Å²) in [5.41, 5.74) is 0.540. The third-order valence-electron chi connectivity index (χ3n) is 4.27. The molecule has 1 aromatic carbocycles. The van der Waals surface area contributed by atoms with Crippen LogP contribution in [0.1, 0.15) is 12.1 Å². The number of nitrogens with one attached hydrogen (secondary N) is 1. The lowest BCUT2D eigenvalue weighted by Gasteiger charge is -2.24. The maximum atomic E-state index is 12.4. The summed E-state index contributed by atoms with van der Waals surface area (Å²) in [7, 11) is 0. The molecule has 1 fully saturated rings. The van der Waals surface area contributed by atoms with Gasteiger partial charge in [0.15, 0.2) is 5.54 Å². The summed E-state index contributed by atoms with van der Waals surface area (Å²) < 4.78 is 7.98. The summed E-state index contributed by atoms with van der Waals surface area (Å²) in [6.07, 6.45) is 0.281. The van der Waals surface area contributed by atoms with E-state index in [2.05, 4.69) is 21.2 Å². The minimum Gasteiger partial charge on any atom is -0.479 e. The van der Waals surface area contributed by atoms with E-state index in [1.165, 1.54) is 0 Å². The summed E-state index contributed by atoms with van der Waals surface area (Å²) >= 11 is 3.55. The lowest BCUT2D eigenvalue weighted by molar-refractivity contribution is -0.147. The zero-order valence-electron chi connectivity index (χ0n) is 12.6. The van der Waals surface area contributed by atoms with Crippen molar-refractivity contribution >= 4 is 38.7 Å². The molecule has 6 nitrogen and oxygen atoms in total. The lowest BCUT2D eigenvalue weighted by Crippen LogP contribution is -2.55. The van der Waals surface area contributed by atoms with E-state index in [0.717, 1.165) is 21.1 Å². The predicted molar refractivity (Wildman–Crippen MR) is 88.3 cm³/mol. The van der Waals surface area contributed by atoms with Crippen LogP contribution in [-0.2, 0) is 20.9 Å². The smallest absolute Gasteiger partial charge is 0.331 e. The van der Waals surface area contributed by atoms with E-state index in [-0.39, 0.29) is 25.5 Å². The Morgan fingerprint density at radius 1 is 1.43 bits per heavy atom. The van der Waals surface area contributed by atoms with Gasteiger partial charge in [-0.25, -0.2) is 4.79 Å². The molecule has 1 amide bonds. The van der Waals surface area contributed by atoms with E-state index in [1.54, 1.807) is 0 Å². The zero-order valence-corrected chi connectivity index (χ0v) is 14.2. The number of para-hydroxylation sites is 1. The van der Waals surface area contributed by atoms with Gasteiger partial charge < -0.3 is 19.7 Å². The van der Waals surface area contributed by atoms with Crippen LogP contribution in [0, 0.1) is 6.92 Å². The van der Waals surface area contributed by atoms with Crippen molar-refractivity contribution in [2.45, 2.75) is 25.4 Å². The molecule has 0 bridgehead atoms. The van der Waals surface area contributed by atoms with Crippen LogP contribution in [0.25, 0.3) is 10.9 Å². The molecule has 122 valence electrons. The fourth-order valence-corrected chi connectivity index (χ4v) is 3.48. The van der Waals surface area contributed by atoms with Gasteiger partial charge in [-0.2, -0.15) is 0 Å². The van der Waals surface area contributed by atoms with E-state index < -0.39 is 11.5 Å². The van der Waals surface area contributed by atoms with Crippen LogP contribution in [0.2, 0.25) is 0 Å². The van der Waals surface area contributed by atoms with Crippen LogP contribution in [0.5, 0.6) is 0 Å². The maximum absolute atomic E-state index is 12.4. The van der Waals surface area contributed by atoms with Crippen LogP contribution >= 0.6 is 15.9 Å². The van der Waals surface area contributed by atoms with Crippen molar-refractivity contribution < 1.29 is 19.4 Å². The first-order valence-corrected chi connectivity index (χ1v) is 8.09. The first kappa shape index (κ1) is 16.0. The van der Waals surface area contributed by atoms with Gasteiger partial charge in [-0.05, 0) is 28.9 Å². The Morgan fingerprint density at radius 2 is 2.17 bits per heavy atom. The molecule has 3 rings (SSSR count). The predicted octanol–water partition coefficient (Wildman–Crippen LogP) is 2.07. The number of hydrogen-bond acceptors (Lipinski definition) is 3. The van der Waals surface area contributed by atoms with Gasteiger partial charge in [0.25, 0.3) is 0 Å². The zero-order chi connectivity index (χ0) is 16.6. The number of carboxylic acid groups (broad SMARTS) is 1. The minimum absolute atomic E-state index is 0.00315. The van der Waals surface area contributed by atoms with Crippen LogP contribution in [0.3, 0.4) is 0 Å². The molecular weight excluding hydrogens is 364 g/mol. The molecule has 7 heteroatoms. The number of halogens is 1. The number of aliphatic carboxylic acids is 1. The average Bonchev–Trinajstić information content (AvgIpc) is 3.08. The third-order valence-corrected chi connectivity index (χ3v) is 5.27. The Balaban J connectivity index is 1.86. The highest BCUT2D eigenvalue weighted by molar-refractivity contribution is 9.10. The second kappa shape index (κ2) is 5.98. The number of carboxylic acids is 1. The molecule has 1 saturated heterocycles. The van der Waals surface area contributed by atoms with E-state index in [1.807, 2.05) is 35.8 Å². The van der Waals surface area contributed by atoms with E-state index in [9.17, 15) is 14.7 Å². The number of nitrogens with zero attached hydrogens (tertiary/aromatic N) is 1. The number of benzene rings is 1. The minimum atomic E-state index is -1.31. The van der Waals surface area contributed by atoms with Gasteiger partial charge in [-0.15, -0.1) is 0 Å². The topological polar surface area (TPSA) is 80.6 Å². The van der Waals surface area contributed by atoms with Crippen molar-refractivity contribution in [1.82, 2.24) is 9.88 Å². The van der Waals surface area contributed by atoms with E-state index >= 15 is 0 Å². The number of hydrogen-bond donors (Lipinski definition) is 2. The number of amides is 1. The largest absolute Gasteiger partial charge is 0.479 e. The molecule has 23 heavy (non-hydrogen) atoms. The molecule has 1 aliphatic rings. The molecule has 1 atom stereocenters. The molecule has 2 heterocycles. The van der Waals surface area contributed by atoms with Crippen molar-refractivity contribution in [3.63, 3.8) is 0 Å². The quantitative estimate of drug-likeness (QED) is 0.850. The molecular formula is C16H17BrN2O4. The Kier molecular flexibility index (Phi) is 4.16. The van der Waals surface area contributed by atoms with Crippen molar-refractivity contribution in [2.75, 3.05) is 13.2 Å². The fourth-order valence-electron chi connectivity index (χ4n) is 2.93. The lowest BCUT2D eigenvalue weighted by atomic mass is 9.99. The Labute approximate surface area is 141 Å². The fraction of sp³-hybridized carbons (Fsp3) is 0.375. The third kappa shape index (κ3) is 2.74. The van der Waals surface area contributed by atoms with Crippen molar-refractivity contribution in [1.29, 1.82) is 0 Å². The Hall–Kier alpha value is -1.86. The van der Waals surface area contributed by atoms with Gasteiger partial charge in [0.05, 0.1) is 6.61 Å². The van der Waals surface area contributed by atoms with E-state index in [0.29, 0.717) is 6.61 Å². The standard InChI is InChI=1S/C16H17BrN2O4/c1-10-14(17)11-4-2-3-5-12(11)19(10)8-13(20)18-16(15(21)22)6-7-23-9-16/h2-5H,6-9H2,1H3,(H,18,20)(H,21,22). The van der Waals surface area contributed by atoms with Crippen LogP contribution in [0.4, 0.5) is 0 Å². The van der Waals surface area contributed by atoms with Crippen molar-refractivity contribution in [3.05, 3.63) is 34.4 Å². The molecule has 2 N–H and O–H groups in total. The second-order valence-corrected chi connectivity index (χ2v) is 6.53. The van der Waals surface area contributed by atoms with Crippen LogP contribution in [0.15, 0.2) is 28.7 Å². The van der Waals surface area contributed by atoms with Gasteiger partial charge in [-0.3, -0.25) is 4.79 Å². The number of carbonyl (C=O) groups is 2. The molecule has 2 aromatic rings. The summed E-state index contributed by atoms with van der Waals surface area (Å²) in [6.45, 7) is 2.32. The number of fused-ring (bicyclic) bond motifs is 1. The molecule has 1 aliphatic heterocycles. The number of carbonyl (C=O) groups excluding carboxylic acids is 1. The molecule has 0 radical (unpaired) electrons. The molecule has 0 aliphatic carbocycles.